The van der Waals surface area contributed by atoms with Gasteiger partial charge in [0.1, 0.15) is 5.78 Å². The van der Waals surface area contributed by atoms with Gasteiger partial charge in [0.2, 0.25) is 11.8 Å². The Balaban J connectivity index is 1.79. The van der Waals surface area contributed by atoms with Gasteiger partial charge in [-0.15, -0.1) is 0 Å². The van der Waals surface area contributed by atoms with E-state index in [2.05, 4.69) is 4.90 Å². The van der Waals surface area contributed by atoms with E-state index in [1.165, 1.54) is 5.01 Å². The van der Waals surface area contributed by atoms with Crippen molar-refractivity contribution in [2.75, 3.05) is 39.3 Å². The predicted molar refractivity (Wildman–Crippen MR) is 90.7 cm³/mol. The first-order chi connectivity index (χ1) is 11.4. The summed E-state index contributed by atoms with van der Waals surface area (Å²) in [7, 11) is 0. The number of carbonyl (C=O) groups is 3. The van der Waals surface area contributed by atoms with Gasteiger partial charge in [-0.25, -0.2) is 5.84 Å². The molecular formula is C17H30N4O3. The molecule has 0 unspecified atom stereocenters. The van der Waals surface area contributed by atoms with Crippen LogP contribution < -0.4 is 5.84 Å². The van der Waals surface area contributed by atoms with Gasteiger partial charge in [-0.05, 0) is 19.8 Å². The Morgan fingerprint density at radius 1 is 1.00 bits per heavy atom. The van der Waals surface area contributed by atoms with Crippen LogP contribution in [0.2, 0.25) is 0 Å². The average Bonchev–Trinajstić information content (AvgIpc) is 2.59. The Morgan fingerprint density at radius 2 is 1.58 bits per heavy atom. The molecule has 0 aromatic heterocycles. The summed E-state index contributed by atoms with van der Waals surface area (Å²) in [5.41, 5.74) is 0. The summed E-state index contributed by atoms with van der Waals surface area (Å²) < 4.78 is 0. The summed E-state index contributed by atoms with van der Waals surface area (Å²) in [6.07, 6.45) is 3.56. The molecular weight excluding hydrogens is 308 g/mol. The third-order valence-electron chi connectivity index (χ3n) is 5.36. The fourth-order valence-corrected chi connectivity index (χ4v) is 3.77. The van der Waals surface area contributed by atoms with Crippen molar-refractivity contribution in [1.82, 2.24) is 14.8 Å². The van der Waals surface area contributed by atoms with Crippen LogP contribution in [0.15, 0.2) is 0 Å². The van der Waals surface area contributed by atoms with Crippen molar-refractivity contribution in [3.05, 3.63) is 0 Å². The Morgan fingerprint density at radius 3 is 2.12 bits per heavy atom. The van der Waals surface area contributed by atoms with Crippen molar-refractivity contribution in [2.24, 2.45) is 17.7 Å². The number of nitrogens with two attached hydrogens (primary N) is 1. The van der Waals surface area contributed by atoms with Crippen LogP contribution in [0.1, 0.15) is 39.5 Å². The van der Waals surface area contributed by atoms with E-state index >= 15 is 0 Å². The van der Waals surface area contributed by atoms with E-state index in [1.54, 1.807) is 13.8 Å². The van der Waals surface area contributed by atoms with E-state index in [4.69, 9.17) is 5.84 Å². The molecule has 24 heavy (non-hydrogen) atoms. The summed E-state index contributed by atoms with van der Waals surface area (Å²) in [6.45, 7) is 7.39. The molecule has 0 radical (unpaired) electrons. The first-order valence-electron chi connectivity index (χ1n) is 8.94. The molecule has 2 amide bonds. The van der Waals surface area contributed by atoms with E-state index in [-0.39, 0.29) is 29.4 Å². The van der Waals surface area contributed by atoms with Crippen LogP contribution in [0, 0.1) is 11.8 Å². The van der Waals surface area contributed by atoms with Gasteiger partial charge in [-0.1, -0.05) is 12.8 Å². The van der Waals surface area contributed by atoms with Crippen molar-refractivity contribution in [3.63, 3.8) is 0 Å². The summed E-state index contributed by atoms with van der Waals surface area (Å²) in [5, 5.41) is 1.29. The molecule has 2 rings (SSSR count). The van der Waals surface area contributed by atoms with E-state index < -0.39 is 0 Å². The second-order valence-corrected chi connectivity index (χ2v) is 6.99. The fraction of sp³-hybridized carbons (Fsp3) is 0.824. The lowest BCUT2D eigenvalue weighted by Gasteiger charge is -2.36. The number of rotatable bonds is 5. The van der Waals surface area contributed by atoms with Crippen molar-refractivity contribution in [1.29, 1.82) is 0 Å². The Hall–Kier alpha value is -1.47. The number of hydrazine groups is 1. The second kappa shape index (κ2) is 8.58. The molecule has 2 N–H and O–H groups in total. The van der Waals surface area contributed by atoms with E-state index in [9.17, 15) is 14.4 Å². The van der Waals surface area contributed by atoms with E-state index in [0.717, 1.165) is 51.9 Å². The third kappa shape index (κ3) is 4.77. The summed E-state index contributed by atoms with van der Waals surface area (Å²) >= 11 is 0. The number of carbonyl (C=O) groups excluding carboxylic acids is 3. The average molecular weight is 338 g/mol. The summed E-state index contributed by atoms with van der Waals surface area (Å²) in [5.74, 6) is 5.67. The number of piperazine rings is 1. The molecule has 136 valence electrons. The maximum Gasteiger partial charge on any atom is 0.240 e. The third-order valence-corrected chi connectivity index (χ3v) is 5.36. The Labute approximate surface area is 144 Å². The van der Waals surface area contributed by atoms with Crippen molar-refractivity contribution in [3.8, 4) is 0 Å². The van der Waals surface area contributed by atoms with Gasteiger partial charge in [0.15, 0.2) is 0 Å². The highest BCUT2D eigenvalue weighted by Crippen LogP contribution is 2.31. The molecule has 7 heteroatoms. The molecule has 1 aliphatic heterocycles. The van der Waals surface area contributed by atoms with Crippen molar-refractivity contribution >= 4 is 17.6 Å². The Kier molecular flexibility index (Phi) is 6.74. The van der Waals surface area contributed by atoms with Crippen LogP contribution in [0.5, 0.6) is 0 Å². The lowest BCUT2D eigenvalue weighted by molar-refractivity contribution is -0.143. The molecule has 0 spiro atoms. The standard InChI is InChI=1S/C17H30N4O3/c1-13(22)15-5-3-4-6-16(15)17(24)21(18)12-9-19-7-10-20(11-8-19)14(2)23/h15-16H,3-12,18H2,1-2H3/t15-,16-/m0/s1. The number of nitrogens with zero attached hydrogens (tertiary/aromatic N) is 3. The van der Waals surface area contributed by atoms with Gasteiger partial charge in [0, 0.05) is 58.0 Å². The molecule has 2 atom stereocenters. The molecule has 2 fully saturated rings. The Bertz CT molecular complexity index is 474. The number of amides is 2. The van der Waals surface area contributed by atoms with Crippen LogP contribution in [0.4, 0.5) is 0 Å². The summed E-state index contributed by atoms with van der Waals surface area (Å²) in [4.78, 5) is 39.8. The van der Waals surface area contributed by atoms with Gasteiger partial charge in [0.05, 0.1) is 0 Å². The normalized spacial score (nSPS) is 25.4. The minimum Gasteiger partial charge on any atom is -0.340 e. The molecule has 1 heterocycles. The van der Waals surface area contributed by atoms with Gasteiger partial charge < -0.3 is 4.90 Å². The highest BCUT2D eigenvalue weighted by Gasteiger charge is 2.35. The van der Waals surface area contributed by atoms with Gasteiger partial charge in [-0.2, -0.15) is 0 Å². The molecule has 1 aliphatic carbocycles. The number of hydrogen-bond acceptors (Lipinski definition) is 5. The largest absolute Gasteiger partial charge is 0.340 e. The molecule has 1 saturated heterocycles. The molecule has 0 aromatic carbocycles. The zero-order chi connectivity index (χ0) is 17.7. The zero-order valence-electron chi connectivity index (χ0n) is 14.9. The first kappa shape index (κ1) is 18.9. The molecule has 7 nitrogen and oxygen atoms in total. The molecule has 1 saturated carbocycles. The quantitative estimate of drug-likeness (QED) is 0.441. The number of Topliss-reactive ketones (excluding diaryl/α,β-unsaturated/α-hetero) is 1. The van der Waals surface area contributed by atoms with Crippen LogP contribution >= 0.6 is 0 Å². The molecule has 0 aromatic rings. The second-order valence-electron chi connectivity index (χ2n) is 6.99. The maximum absolute atomic E-state index is 12.6. The van der Waals surface area contributed by atoms with Crippen molar-refractivity contribution < 1.29 is 14.4 Å². The first-order valence-corrected chi connectivity index (χ1v) is 8.94. The van der Waals surface area contributed by atoms with Crippen molar-refractivity contribution in [2.45, 2.75) is 39.5 Å². The lowest BCUT2D eigenvalue weighted by atomic mass is 9.76. The SMILES string of the molecule is CC(=O)[C@@H]1CCCC[C@@H]1C(=O)N(N)CCN1CCN(C(C)=O)CC1. The van der Waals surface area contributed by atoms with Gasteiger partial charge in [-0.3, -0.25) is 24.3 Å². The topological polar surface area (TPSA) is 86.9 Å². The smallest absolute Gasteiger partial charge is 0.240 e. The van der Waals surface area contributed by atoms with Gasteiger partial charge in [0.25, 0.3) is 0 Å². The number of ketones is 1. The minimum atomic E-state index is -0.254. The number of hydrogen-bond donors (Lipinski definition) is 1. The van der Waals surface area contributed by atoms with Crippen LogP contribution in [0.25, 0.3) is 0 Å². The van der Waals surface area contributed by atoms with Crippen LogP contribution in [-0.2, 0) is 14.4 Å². The zero-order valence-corrected chi connectivity index (χ0v) is 14.9. The predicted octanol–water partition coefficient (Wildman–Crippen LogP) is 0.248. The maximum atomic E-state index is 12.6. The molecule has 0 bridgehead atoms. The molecule has 2 aliphatic rings. The monoisotopic (exact) mass is 338 g/mol. The van der Waals surface area contributed by atoms with E-state index in [1.807, 2.05) is 4.90 Å². The fourth-order valence-electron chi connectivity index (χ4n) is 3.77. The highest BCUT2D eigenvalue weighted by atomic mass is 16.2. The van der Waals surface area contributed by atoms with Gasteiger partial charge >= 0.3 is 0 Å². The highest BCUT2D eigenvalue weighted by molar-refractivity contribution is 5.87. The summed E-state index contributed by atoms with van der Waals surface area (Å²) in [6, 6.07) is 0. The minimum absolute atomic E-state index is 0.0989. The lowest BCUT2D eigenvalue weighted by Crippen LogP contribution is -2.52. The van der Waals surface area contributed by atoms with Crippen LogP contribution in [-0.4, -0.2) is 71.7 Å². The van der Waals surface area contributed by atoms with Crippen LogP contribution in [0.3, 0.4) is 0 Å². The van der Waals surface area contributed by atoms with E-state index in [0.29, 0.717) is 13.1 Å².